The Hall–Kier alpha value is -3.02. The first kappa shape index (κ1) is 20.3. The molecule has 0 heterocycles. The van der Waals surface area contributed by atoms with E-state index in [-0.39, 0.29) is 17.3 Å². The van der Waals surface area contributed by atoms with Gasteiger partial charge >= 0.3 is 0 Å². The van der Waals surface area contributed by atoms with Crippen LogP contribution in [0.1, 0.15) is 47.4 Å². The van der Waals surface area contributed by atoms with Crippen molar-refractivity contribution in [2.45, 2.75) is 32.7 Å². The summed E-state index contributed by atoms with van der Waals surface area (Å²) in [6, 6.07) is 9.95. The SMILES string of the molecule is CCC[C@H](NC(=O)c1cccc(-c2cc(C(C)=O)ccc2F)c1)C(=O)NC. The monoisotopic (exact) mass is 370 g/mol. The van der Waals surface area contributed by atoms with E-state index in [1.165, 1.54) is 32.2 Å². The van der Waals surface area contributed by atoms with Crippen LogP contribution in [-0.2, 0) is 4.79 Å². The zero-order valence-corrected chi connectivity index (χ0v) is 15.6. The maximum Gasteiger partial charge on any atom is 0.251 e. The van der Waals surface area contributed by atoms with Crippen molar-refractivity contribution in [1.29, 1.82) is 0 Å². The van der Waals surface area contributed by atoms with E-state index in [0.29, 0.717) is 23.1 Å². The predicted octanol–water partition coefficient (Wildman–Crippen LogP) is 3.34. The van der Waals surface area contributed by atoms with Gasteiger partial charge in [0.15, 0.2) is 5.78 Å². The number of hydrogen-bond acceptors (Lipinski definition) is 3. The van der Waals surface area contributed by atoms with Gasteiger partial charge < -0.3 is 10.6 Å². The molecular formula is C21H23FN2O3. The van der Waals surface area contributed by atoms with Crippen LogP contribution in [0.5, 0.6) is 0 Å². The summed E-state index contributed by atoms with van der Waals surface area (Å²) in [6.45, 7) is 3.33. The van der Waals surface area contributed by atoms with Gasteiger partial charge in [-0.2, -0.15) is 0 Å². The fourth-order valence-corrected chi connectivity index (χ4v) is 2.77. The number of amides is 2. The summed E-state index contributed by atoms with van der Waals surface area (Å²) in [5, 5.41) is 5.24. The molecule has 2 amide bonds. The number of Topliss-reactive ketones (excluding diaryl/α,β-unsaturated/α-hetero) is 1. The molecule has 0 saturated heterocycles. The molecule has 0 saturated carbocycles. The van der Waals surface area contributed by atoms with Crippen molar-refractivity contribution in [3.05, 3.63) is 59.4 Å². The Kier molecular flexibility index (Phi) is 6.82. The van der Waals surface area contributed by atoms with Crippen molar-refractivity contribution in [2.24, 2.45) is 0 Å². The summed E-state index contributed by atoms with van der Waals surface area (Å²) in [5.41, 5.74) is 1.43. The Morgan fingerprint density at radius 3 is 2.44 bits per heavy atom. The maximum absolute atomic E-state index is 14.2. The first-order chi connectivity index (χ1) is 12.9. The van der Waals surface area contributed by atoms with Gasteiger partial charge in [-0.05, 0) is 49.2 Å². The number of carbonyl (C=O) groups excluding carboxylic acids is 3. The van der Waals surface area contributed by atoms with E-state index in [1.54, 1.807) is 24.3 Å². The van der Waals surface area contributed by atoms with E-state index < -0.39 is 17.8 Å². The predicted molar refractivity (Wildman–Crippen MR) is 102 cm³/mol. The van der Waals surface area contributed by atoms with Crippen molar-refractivity contribution in [2.75, 3.05) is 7.05 Å². The van der Waals surface area contributed by atoms with Crippen molar-refractivity contribution >= 4 is 17.6 Å². The fourth-order valence-electron chi connectivity index (χ4n) is 2.77. The zero-order chi connectivity index (χ0) is 20.0. The van der Waals surface area contributed by atoms with Crippen LogP contribution in [-0.4, -0.2) is 30.7 Å². The third kappa shape index (κ3) is 5.00. The highest BCUT2D eigenvalue weighted by Gasteiger charge is 2.20. The summed E-state index contributed by atoms with van der Waals surface area (Å²) < 4.78 is 14.2. The molecule has 6 heteroatoms. The molecule has 5 nitrogen and oxygen atoms in total. The average molecular weight is 370 g/mol. The molecule has 0 radical (unpaired) electrons. The Morgan fingerprint density at radius 2 is 1.81 bits per heavy atom. The Labute approximate surface area is 158 Å². The second-order valence-corrected chi connectivity index (χ2v) is 6.26. The fraction of sp³-hybridized carbons (Fsp3) is 0.286. The highest BCUT2D eigenvalue weighted by atomic mass is 19.1. The number of likely N-dealkylation sites (N-methyl/N-ethyl adjacent to an activating group) is 1. The molecule has 0 aliphatic heterocycles. The zero-order valence-electron chi connectivity index (χ0n) is 15.6. The number of carbonyl (C=O) groups is 3. The van der Waals surface area contributed by atoms with Gasteiger partial charge in [-0.3, -0.25) is 14.4 Å². The second-order valence-electron chi connectivity index (χ2n) is 6.26. The van der Waals surface area contributed by atoms with Gasteiger partial charge in [0.1, 0.15) is 11.9 Å². The van der Waals surface area contributed by atoms with Crippen LogP contribution in [0.3, 0.4) is 0 Å². The number of benzene rings is 2. The van der Waals surface area contributed by atoms with E-state index in [4.69, 9.17) is 0 Å². The third-order valence-corrected chi connectivity index (χ3v) is 4.25. The molecule has 0 aromatic heterocycles. The first-order valence-corrected chi connectivity index (χ1v) is 8.80. The Morgan fingerprint density at radius 1 is 1.07 bits per heavy atom. The lowest BCUT2D eigenvalue weighted by Crippen LogP contribution is -2.45. The third-order valence-electron chi connectivity index (χ3n) is 4.25. The summed E-state index contributed by atoms with van der Waals surface area (Å²) in [7, 11) is 1.52. The molecule has 2 N–H and O–H groups in total. The average Bonchev–Trinajstić information content (AvgIpc) is 2.67. The molecular weight excluding hydrogens is 347 g/mol. The van der Waals surface area contributed by atoms with Crippen LogP contribution in [0.15, 0.2) is 42.5 Å². The molecule has 0 aliphatic carbocycles. The van der Waals surface area contributed by atoms with Crippen LogP contribution in [0.2, 0.25) is 0 Å². The standard InChI is InChI=1S/C21H23FN2O3/c1-4-6-19(21(27)23-3)24-20(26)16-8-5-7-15(11-16)17-12-14(13(2)25)9-10-18(17)22/h5,7-12,19H,4,6H2,1-3H3,(H,23,27)(H,24,26)/t19-/m0/s1. The first-order valence-electron chi connectivity index (χ1n) is 8.80. The highest BCUT2D eigenvalue weighted by molar-refractivity contribution is 5.99. The molecule has 142 valence electrons. The Balaban J connectivity index is 2.32. The molecule has 0 bridgehead atoms. The molecule has 0 aliphatic rings. The lowest BCUT2D eigenvalue weighted by atomic mass is 9.99. The molecule has 2 rings (SSSR count). The largest absolute Gasteiger partial charge is 0.357 e. The quantitative estimate of drug-likeness (QED) is 0.734. The van der Waals surface area contributed by atoms with Crippen molar-refractivity contribution in [3.8, 4) is 11.1 Å². The van der Waals surface area contributed by atoms with Gasteiger partial charge in [0.05, 0.1) is 0 Å². The van der Waals surface area contributed by atoms with E-state index in [2.05, 4.69) is 10.6 Å². The number of hydrogen-bond donors (Lipinski definition) is 2. The topological polar surface area (TPSA) is 75.3 Å². The summed E-state index contributed by atoms with van der Waals surface area (Å²) in [6.07, 6.45) is 1.25. The normalized spacial score (nSPS) is 11.6. The van der Waals surface area contributed by atoms with Gasteiger partial charge in [-0.1, -0.05) is 25.5 Å². The van der Waals surface area contributed by atoms with E-state index in [0.717, 1.165) is 6.42 Å². The number of ketones is 1. The molecule has 1 atom stereocenters. The Bertz CT molecular complexity index is 864. The molecule has 27 heavy (non-hydrogen) atoms. The van der Waals surface area contributed by atoms with E-state index >= 15 is 0 Å². The number of rotatable bonds is 7. The second kappa shape index (κ2) is 9.07. The highest BCUT2D eigenvalue weighted by Crippen LogP contribution is 2.25. The summed E-state index contributed by atoms with van der Waals surface area (Å²) in [4.78, 5) is 36.0. The lowest BCUT2D eigenvalue weighted by molar-refractivity contribution is -0.122. The molecule has 0 unspecified atom stereocenters. The van der Waals surface area contributed by atoms with Gasteiger partial charge in [0.2, 0.25) is 5.91 Å². The minimum absolute atomic E-state index is 0.168. The van der Waals surface area contributed by atoms with Gasteiger partial charge in [0, 0.05) is 23.7 Å². The van der Waals surface area contributed by atoms with Gasteiger partial charge in [-0.25, -0.2) is 4.39 Å². The number of halogens is 1. The van der Waals surface area contributed by atoms with Crippen LogP contribution >= 0.6 is 0 Å². The summed E-state index contributed by atoms with van der Waals surface area (Å²) >= 11 is 0. The molecule has 2 aromatic carbocycles. The van der Waals surface area contributed by atoms with Crippen LogP contribution < -0.4 is 10.6 Å². The van der Waals surface area contributed by atoms with Crippen LogP contribution in [0, 0.1) is 5.82 Å². The minimum Gasteiger partial charge on any atom is -0.357 e. The molecule has 2 aromatic rings. The summed E-state index contributed by atoms with van der Waals surface area (Å²) in [5.74, 6) is -1.33. The van der Waals surface area contributed by atoms with Gasteiger partial charge in [0.25, 0.3) is 5.91 Å². The number of nitrogens with one attached hydrogen (secondary N) is 2. The lowest BCUT2D eigenvalue weighted by Gasteiger charge is -2.17. The minimum atomic E-state index is -0.631. The van der Waals surface area contributed by atoms with Crippen LogP contribution in [0.25, 0.3) is 11.1 Å². The van der Waals surface area contributed by atoms with Crippen molar-refractivity contribution in [3.63, 3.8) is 0 Å². The maximum atomic E-state index is 14.2. The van der Waals surface area contributed by atoms with E-state index in [9.17, 15) is 18.8 Å². The molecule has 0 spiro atoms. The van der Waals surface area contributed by atoms with Crippen molar-refractivity contribution < 1.29 is 18.8 Å². The van der Waals surface area contributed by atoms with E-state index in [1.807, 2.05) is 6.92 Å². The van der Waals surface area contributed by atoms with Crippen LogP contribution in [0.4, 0.5) is 4.39 Å². The van der Waals surface area contributed by atoms with Crippen molar-refractivity contribution in [1.82, 2.24) is 10.6 Å². The molecule has 0 fully saturated rings. The van der Waals surface area contributed by atoms with Gasteiger partial charge in [-0.15, -0.1) is 0 Å². The smallest absolute Gasteiger partial charge is 0.251 e.